The van der Waals surface area contributed by atoms with Crippen molar-refractivity contribution in [2.24, 2.45) is 0 Å². The lowest BCUT2D eigenvalue weighted by Gasteiger charge is -1.94. The van der Waals surface area contributed by atoms with E-state index in [2.05, 4.69) is 18.6 Å². The fraction of sp³-hybridized carbons (Fsp3) is 1.00. The SMILES string of the molecule is CCC.COC.COC(C)C. The van der Waals surface area contributed by atoms with Crippen LogP contribution in [0, 0.1) is 0 Å². The Morgan fingerprint density at radius 1 is 1.00 bits per heavy atom. The van der Waals surface area contributed by atoms with Crippen molar-refractivity contribution in [3.8, 4) is 0 Å². The molecule has 72 valence electrons. The number of ether oxygens (including phenoxy) is 2. The van der Waals surface area contributed by atoms with Crippen LogP contribution in [0.25, 0.3) is 0 Å². The molecule has 0 N–H and O–H groups in total. The summed E-state index contributed by atoms with van der Waals surface area (Å²) >= 11 is 0. The predicted molar refractivity (Wildman–Crippen MR) is 51.0 cm³/mol. The monoisotopic (exact) mass is 164 g/mol. The van der Waals surface area contributed by atoms with Gasteiger partial charge in [0.25, 0.3) is 0 Å². The van der Waals surface area contributed by atoms with Gasteiger partial charge in [0.05, 0.1) is 6.10 Å². The quantitative estimate of drug-likeness (QED) is 0.593. The topological polar surface area (TPSA) is 18.5 Å². The molecule has 0 bridgehead atoms. The molecule has 0 aromatic carbocycles. The van der Waals surface area contributed by atoms with Gasteiger partial charge in [0.1, 0.15) is 0 Å². The van der Waals surface area contributed by atoms with E-state index < -0.39 is 0 Å². The summed E-state index contributed by atoms with van der Waals surface area (Å²) < 4.78 is 9.00. The van der Waals surface area contributed by atoms with Gasteiger partial charge in [-0.3, -0.25) is 0 Å². The van der Waals surface area contributed by atoms with E-state index in [4.69, 9.17) is 4.74 Å². The first kappa shape index (κ1) is 17.1. The van der Waals surface area contributed by atoms with Crippen LogP contribution >= 0.6 is 0 Å². The van der Waals surface area contributed by atoms with Gasteiger partial charge in [0.2, 0.25) is 0 Å². The van der Waals surface area contributed by atoms with Crippen LogP contribution in [-0.2, 0) is 9.47 Å². The van der Waals surface area contributed by atoms with Gasteiger partial charge in [-0.05, 0) is 13.8 Å². The number of hydrogen-bond acceptors (Lipinski definition) is 2. The Bertz CT molecular complexity index is 34.5. The van der Waals surface area contributed by atoms with Gasteiger partial charge in [-0.15, -0.1) is 0 Å². The zero-order valence-corrected chi connectivity index (χ0v) is 9.10. The van der Waals surface area contributed by atoms with E-state index in [9.17, 15) is 0 Å². The van der Waals surface area contributed by atoms with Gasteiger partial charge in [0, 0.05) is 21.3 Å². The Labute approximate surface area is 71.9 Å². The zero-order chi connectivity index (χ0) is 9.70. The molecule has 0 aromatic heterocycles. The van der Waals surface area contributed by atoms with Crippen LogP contribution in [0.4, 0.5) is 0 Å². The van der Waals surface area contributed by atoms with Gasteiger partial charge >= 0.3 is 0 Å². The molecule has 0 heterocycles. The lowest BCUT2D eigenvalue weighted by Crippen LogP contribution is -1.94. The predicted octanol–water partition coefficient (Wildman–Crippen LogP) is 2.72. The normalized spacial score (nSPS) is 7.64. The van der Waals surface area contributed by atoms with Gasteiger partial charge in [-0.2, -0.15) is 0 Å². The highest BCUT2D eigenvalue weighted by molar-refractivity contribution is 4.27. The molecular weight excluding hydrogens is 140 g/mol. The van der Waals surface area contributed by atoms with Crippen LogP contribution in [-0.4, -0.2) is 27.4 Å². The molecule has 2 heteroatoms. The highest BCUT2D eigenvalue weighted by atomic mass is 16.5. The molecular formula is C9H24O2. The average Bonchev–Trinajstić information content (AvgIpc) is 1.91. The fourth-order valence-corrected chi connectivity index (χ4v) is 0. The maximum Gasteiger partial charge on any atom is 0.0515 e. The van der Waals surface area contributed by atoms with Gasteiger partial charge in [-0.25, -0.2) is 0 Å². The number of methoxy groups -OCH3 is 2. The third-order valence-corrected chi connectivity index (χ3v) is 0.471. The summed E-state index contributed by atoms with van der Waals surface area (Å²) in [6.07, 6.45) is 1.63. The highest BCUT2D eigenvalue weighted by Crippen LogP contribution is 1.77. The minimum Gasteiger partial charge on any atom is -0.388 e. The van der Waals surface area contributed by atoms with Crippen molar-refractivity contribution in [3.05, 3.63) is 0 Å². The van der Waals surface area contributed by atoms with Gasteiger partial charge in [0.15, 0.2) is 0 Å². The third-order valence-electron chi connectivity index (χ3n) is 0.471. The molecule has 0 atom stereocenters. The van der Waals surface area contributed by atoms with Crippen molar-refractivity contribution >= 4 is 0 Å². The van der Waals surface area contributed by atoms with Crippen molar-refractivity contribution in [3.63, 3.8) is 0 Å². The Hall–Kier alpha value is -0.0800. The molecule has 0 unspecified atom stereocenters. The molecule has 0 aliphatic heterocycles. The van der Waals surface area contributed by atoms with Crippen molar-refractivity contribution in [2.75, 3.05) is 21.3 Å². The second-order valence-electron chi connectivity index (χ2n) is 2.40. The molecule has 0 aliphatic rings. The molecule has 0 saturated carbocycles. The Balaban J connectivity index is -0.0000000933. The fourth-order valence-electron chi connectivity index (χ4n) is 0. The van der Waals surface area contributed by atoms with E-state index in [1.165, 1.54) is 6.42 Å². The Morgan fingerprint density at radius 2 is 1.09 bits per heavy atom. The van der Waals surface area contributed by atoms with Crippen LogP contribution in [0.2, 0.25) is 0 Å². The first-order chi connectivity index (χ1) is 5.10. The Kier molecular flexibility index (Phi) is 35.1. The summed E-state index contributed by atoms with van der Waals surface area (Å²) in [6, 6.07) is 0. The third kappa shape index (κ3) is 169. The molecule has 0 saturated heterocycles. The van der Waals surface area contributed by atoms with Crippen LogP contribution in [0.5, 0.6) is 0 Å². The molecule has 11 heavy (non-hydrogen) atoms. The van der Waals surface area contributed by atoms with E-state index in [0.29, 0.717) is 6.10 Å². The van der Waals surface area contributed by atoms with Crippen molar-refractivity contribution in [2.45, 2.75) is 40.2 Å². The second kappa shape index (κ2) is 22.5. The van der Waals surface area contributed by atoms with Crippen LogP contribution < -0.4 is 0 Å². The highest BCUT2D eigenvalue weighted by Gasteiger charge is 1.78. The molecule has 0 spiro atoms. The van der Waals surface area contributed by atoms with E-state index in [0.717, 1.165) is 0 Å². The number of hydrogen-bond donors (Lipinski definition) is 0. The summed E-state index contributed by atoms with van der Waals surface area (Å²) in [7, 11) is 4.95. The maximum absolute atomic E-state index is 4.75. The van der Waals surface area contributed by atoms with Crippen molar-refractivity contribution in [1.29, 1.82) is 0 Å². The minimum atomic E-state index is 0.384. The summed E-state index contributed by atoms with van der Waals surface area (Å²) in [5.41, 5.74) is 0. The maximum atomic E-state index is 4.75. The number of rotatable bonds is 1. The molecule has 2 nitrogen and oxygen atoms in total. The molecule has 0 rings (SSSR count). The van der Waals surface area contributed by atoms with Crippen LogP contribution in [0.1, 0.15) is 34.1 Å². The minimum absolute atomic E-state index is 0.384. The van der Waals surface area contributed by atoms with Gasteiger partial charge in [-0.1, -0.05) is 20.3 Å². The molecule has 0 aliphatic carbocycles. The van der Waals surface area contributed by atoms with E-state index in [-0.39, 0.29) is 0 Å². The summed E-state index contributed by atoms with van der Waals surface area (Å²) in [5, 5.41) is 0. The second-order valence-corrected chi connectivity index (χ2v) is 2.40. The first-order valence-electron chi connectivity index (χ1n) is 4.03. The average molecular weight is 164 g/mol. The van der Waals surface area contributed by atoms with Crippen LogP contribution in [0.15, 0.2) is 0 Å². The summed E-state index contributed by atoms with van der Waals surface area (Å²) in [6.45, 7) is 8.25. The smallest absolute Gasteiger partial charge is 0.0515 e. The zero-order valence-electron chi connectivity index (χ0n) is 9.10. The molecule has 0 aromatic rings. The van der Waals surface area contributed by atoms with E-state index >= 15 is 0 Å². The molecule has 0 amide bonds. The largest absolute Gasteiger partial charge is 0.388 e. The summed E-state index contributed by atoms with van der Waals surface area (Å²) in [5.74, 6) is 0. The standard InChI is InChI=1S/C4H10O.C3H8.C2H6O/c1-4(2)5-3;2*1-3-2/h4H,1-3H3;3H2,1-2H3;1-2H3. The van der Waals surface area contributed by atoms with Crippen molar-refractivity contribution in [1.82, 2.24) is 0 Å². The van der Waals surface area contributed by atoms with Gasteiger partial charge < -0.3 is 9.47 Å². The first-order valence-corrected chi connectivity index (χ1v) is 4.03. The molecule has 0 radical (unpaired) electrons. The van der Waals surface area contributed by atoms with Crippen LogP contribution in [0.3, 0.4) is 0 Å². The van der Waals surface area contributed by atoms with E-state index in [1.807, 2.05) is 13.8 Å². The lowest BCUT2D eigenvalue weighted by atomic mass is 10.5. The Morgan fingerprint density at radius 3 is 1.09 bits per heavy atom. The van der Waals surface area contributed by atoms with Crippen molar-refractivity contribution < 1.29 is 9.47 Å². The van der Waals surface area contributed by atoms with E-state index in [1.54, 1.807) is 21.3 Å². The lowest BCUT2D eigenvalue weighted by molar-refractivity contribution is 0.134. The summed E-state index contributed by atoms with van der Waals surface area (Å²) in [4.78, 5) is 0. The molecule has 0 fully saturated rings.